The molecule has 2 aromatic carbocycles. The van der Waals surface area contributed by atoms with Gasteiger partial charge in [-0.25, -0.2) is 0 Å². The number of amides is 2. The van der Waals surface area contributed by atoms with Crippen LogP contribution in [0.3, 0.4) is 0 Å². The number of benzene rings is 2. The Balaban J connectivity index is 1.63. The predicted molar refractivity (Wildman–Crippen MR) is 92.1 cm³/mol. The molecule has 0 bridgehead atoms. The summed E-state index contributed by atoms with van der Waals surface area (Å²) < 4.78 is 0. The molecule has 0 aliphatic carbocycles. The number of carbonyl (C=O) groups excluding carboxylic acids is 2. The SMILES string of the molecule is O=C(NNc1ccc(N2C(=O)CNC2=S)cc1)c1ccccc1. The third-order valence-corrected chi connectivity index (χ3v) is 3.65. The monoisotopic (exact) mass is 326 g/mol. The average molecular weight is 326 g/mol. The molecule has 0 aromatic heterocycles. The maximum absolute atomic E-state index is 11.9. The molecular formula is C16H14N4O2S. The summed E-state index contributed by atoms with van der Waals surface area (Å²) in [6.45, 7) is 0.214. The van der Waals surface area contributed by atoms with Gasteiger partial charge < -0.3 is 5.32 Å². The molecule has 3 rings (SSSR count). The van der Waals surface area contributed by atoms with Crippen molar-refractivity contribution in [1.82, 2.24) is 10.7 Å². The van der Waals surface area contributed by atoms with Crippen molar-refractivity contribution >= 4 is 40.5 Å². The molecule has 1 aliphatic rings. The van der Waals surface area contributed by atoms with Gasteiger partial charge >= 0.3 is 0 Å². The summed E-state index contributed by atoms with van der Waals surface area (Å²) in [6.07, 6.45) is 0. The number of carbonyl (C=O) groups is 2. The van der Waals surface area contributed by atoms with E-state index in [1.165, 1.54) is 4.90 Å². The van der Waals surface area contributed by atoms with Crippen LogP contribution >= 0.6 is 12.2 Å². The zero-order chi connectivity index (χ0) is 16.2. The van der Waals surface area contributed by atoms with Crippen LogP contribution in [0.2, 0.25) is 0 Å². The Labute approximate surface area is 138 Å². The minimum Gasteiger partial charge on any atom is -0.353 e. The van der Waals surface area contributed by atoms with E-state index in [0.717, 1.165) is 0 Å². The smallest absolute Gasteiger partial charge is 0.269 e. The molecule has 1 fully saturated rings. The first-order valence-electron chi connectivity index (χ1n) is 6.97. The fourth-order valence-corrected chi connectivity index (χ4v) is 2.45. The maximum Gasteiger partial charge on any atom is 0.269 e. The van der Waals surface area contributed by atoms with Gasteiger partial charge in [0.15, 0.2) is 5.11 Å². The van der Waals surface area contributed by atoms with E-state index in [2.05, 4.69) is 16.2 Å². The second-order valence-electron chi connectivity index (χ2n) is 4.88. The van der Waals surface area contributed by atoms with Crippen LogP contribution in [0.15, 0.2) is 54.6 Å². The number of nitrogens with one attached hydrogen (secondary N) is 3. The molecule has 3 N–H and O–H groups in total. The molecule has 2 amide bonds. The van der Waals surface area contributed by atoms with Gasteiger partial charge in [0.25, 0.3) is 11.8 Å². The largest absolute Gasteiger partial charge is 0.353 e. The summed E-state index contributed by atoms with van der Waals surface area (Å²) in [6, 6.07) is 15.9. The van der Waals surface area contributed by atoms with Crippen molar-refractivity contribution in [3.63, 3.8) is 0 Å². The average Bonchev–Trinajstić information content (AvgIpc) is 2.93. The van der Waals surface area contributed by atoms with E-state index in [1.54, 1.807) is 48.5 Å². The number of hydrogen-bond acceptors (Lipinski definition) is 4. The highest BCUT2D eigenvalue weighted by molar-refractivity contribution is 7.80. The summed E-state index contributed by atoms with van der Waals surface area (Å²) in [7, 11) is 0. The van der Waals surface area contributed by atoms with Gasteiger partial charge in [-0.1, -0.05) is 18.2 Å². The lowest BCUT2D eigenvalue weighted by Crippen LogP contribution is -2.31. The molecule has 6 nitrogen and oxygen atoms in total. The van der Waals surface area contributed by atoms with Crippen LogP contribution in [0.5, 0.6) is 0 Å². The van der Waals surface area contributed by atoms with Crippen molar-refractivity contribution in [3.8, 4) is 0 Å². The van der Waals surface area contributed by atoms with Gasteiger partial charge in [0.2, 0.25) is 0 Å². The molecule has 116 valence electrons. The normalized spacial score (nSPS) is 13.7. The molecule has 1 aliphatic heterocycles. The fraction of sp³-hybridized carbons (Fsp3) is 0.0625. The van der Waals surface area contributed by atoms with Gasteiger partial charge in [-0.15, -0.1) is 0 Å². The molecule has 0 atom stereocenters. The maximum atomic E-state index is 11.9. The van der Waals surface area contributed by atoms with Gasteiger partial charge in [0.05, 0.1) is 17.9 Å². The first-order valence-corrected chi connectivity index (χ1v) is 7.38. The van der Waals surface area contributed by atoms with Crippen LogP contribution in [-0.2, 0) is 4.79 Å². The summed E-state index contributed by atoms with van der Waals surface area (Å²) in [4.78, 5) is 25.1. The molecule has 0 spiro atoms. The quantitative estimate of drug-likeness (QED) is 0.589. The highest BCUT2D eigenvalue weighted by Gasteiger charge is 2.26. The highest BCUT2D eigenvalue weighted by atomic mass is 32.1. The fourth-order valence-electron chi connectivity index (χ4n) is 2.17. The molecule has 1 heterocycles. The number of hydrazine groups is 1. The van der Waals surface area contributed by atoms with Crippen molar-refractivity contribution in [2.75, 3.05) is 16.9 Å². The van der Waals surface area contributed by atoms with Crippen LogP contribution in [-0.4, -0.2) is 23.5 Å². The Bertz CT molecular complexity index is 730. The van der Waals surface area contributed by atoms with Crippen LogP contribution in [0.25, 0.3) is 0 Å². The predicted octanol–water partition coefficient (Wildman–Crippen LogP) is 1.66. The van der Waals surface area contributed by atoms with Crippen molar-refractivity contribution in [1.29, 1.82) is 0 Å². The van der Waals surface area contributed by atoms with Crippen molar-refractivity contribution in [2.24, 2.45) is 0 Å². The molecule has 0 radical (unpaired) electrons. The zero-order valence-electron chi connectivity index (χ0n) is 12.1. The molecule has 0 saturated carbocycles. The lowest BCUT2D eigenvalue weighted by molar-refractivity contribution is -0.115. The van der Waals surface area contributed by atoms with E-state index in [0.29, 0.717) is 22.1 Å². The van der Waals surface area contributed by atoms with Gasteiger partial charge in [-0.05, 0) is 48.6 Å². The molecule has 1 saturated heterocycles. The van der Waals surface area contributed by atoms with E-state index in [1.807, 2.05) is 6.07 Å². The summed E-state index contributed by atoms with van der Waals surface area (Å²) in [5.74, 6) is -0.317. The van der Waals surface area contributed by atoms with E-state index < -0.39 is 0 Å². The third-order valence-electron chi connectivity index (χ3n) is 3.33. The Hall–Kier alpha value is -2.93. The van der Waals surface area contributed by atoms with E-state index in [-0.39, 0.29) is 18.4 Å². The second kappa shape index (κ2) is 6.45. The Morgan fingerprint density at radius 2 is 1.78 bits per heavy atom. The van der Waals surface area contributed by atoms with Crippen molar-refractivity contribution in [2.45, 2.75) is 0 Å². The van der Waals surface area contributed by atoms with Gasteiger partial charge in [0.1, 0.15) is 0 Å². The number of hydrogen-bond donors (Lipinski definition) is 3. The van der Waals surface area contributed by atoms with Crippen molar-refractivity contribution in [3.05, 3.63) is 60.2 Å². The van der Waals surface area contributed by atoms with Crippen molar-refractivity contribution < 1.29 is 9.59 Å². The minimum atomic E-state index is -0.227. The standard InChI is InChI=1S/C16H14N4O2S/c21-14-10-17-16(23)20(14)13-8-6-12(7-9-13)18-19-15(22)11-4-2-1-3-5-11/h1-9,18H,10H2,(H,17,23)(H,19,22). The topological polar surface area (TPSA) is 73.5 Å². The summed E-state index contributed by atoms with van der Waals surface area (Å²) >= 11 is 5.09. The number of rotatable bonds is 4. The lowest BCUT2D eigenvalue weighted by Gasteiger charge is -2.15. The Morgan fingerprint density at radius 3 is 2.39 bits per heavy atom. The first kappa shape index (κ1) is 15.0. The van der Waals surface area contributed by atoms with Crippen LogP contribution < -0.4 is 21.1 Å². The number of nitrogens with zero attached hydrogens (tertiary/aromatic N) is 1. The third kappa shape index (κ3) is 3.29. The Morgan fingerprint density at radius 1 is 1.09 bits per heavy atom. The van der Waals surface area contributed by atoms with E-state index in [9.17, 15) is 9.59 Å². The summed E-state index contributed by atoms with van der Waals surface area (Å²) in [5.41, 5.74) is 7.39. The minimum absolute atomic E-state index is 0.0897. The first-order chi connectivity index (χ1) is 11.1. The zero-order valence-corrected chi connectivity index (χ0v) is 12.9. The molecular weight excluding hydrogens is 312 g/mol. The van der Waals surface area contributed by atoms with E-state index >= 15 is 0 Å². The molecule has 23 heavy (non-hydrogen) atoms. The van der Waals surface area contributed by atoms with Gasteiger partial charge in [-0.2, -0.15) is 0 Å². The molecule has 7 heteroatoms. The number of thiocarbonyl (C=S) groups is 1. The number of anilines is 2. The van der Waals surface area contributed by atoms with Crippen LogP contribution in [0.4, 0.5) is 11.4 Å². The van der Waals surface area contributed by atoms with E-state index in [4.69, 9.17) is 12.2 Å². The van der Waals surface area contributed by atoms with Crippen LogP contribution in [0, 0.1) is 0 Å². The highest BCUT2D eigenvalue weighted by Crippen LogP contribution is 2.20. The Kier molecular flexibility index (Phi) is 4.20. The van der Waals surface area contributed by atoms with Crippen LogP contribution in [0.1, 0.15) is 10.4 Å². The van der Waals surface area contributed by atoms with Gasteiger partial charge in [-0.3, -0.25) is 25.3 Å². The lowest BCUT2D eigenvalue weighted by atomic mass is 10.2. The van der Waals surface area contributed by atoms with Gasteiger partial charge in [0, 0.05) is 5.56 Å². The molecule has 2 aromatic rings. The second-order valence-corrected chi connectivity index (χ2v) is 5.27. The molecule has 0 unspecified atom stereocenters. The summed E-state index contributed by atoms with van der Waals surface area (Å²) in [5, 5.41) is 3.22.